The molecule has 2 aromatic rings. The third-order valence-corrected chi connectivity index (χ3v) is 2.48. The van der Waals surface area contributed by atoms with Crippen LogP contribution in [-0.2, 0) is 11.2 Å². The molecule has 0 unspecified atom stereocenters. The summed E-state index contributed by atoms with van der Waals surface area (Å²) in [6, 6.07) is 11.8. The molecule has 1 N–H and O–H groups in total. The molecule has 3 nitrogen and oxygen atoms in total. The van der Waals surface area contributed by atoms with Gasteiger partial charge < -0.3 is 9.67 Å². The average Bonchev–Trinajstić information content (AvgIpc) is 2.80. The molecule has 0 atom stereocenters. The zero-order valence-corrected chi connectivity index (χ0v) is 8.84. The number of aromatic nitrogens is 1. The normalized spacial score (nSPS) is 10.2. The van der Waals surface area contributed by atoms with Gasteiger partial charge in [0.25, 0.3) is 0 Å². The van der Waals surface area contributed by atoms with E-state index in [0.717, 1.165) is 11.3 Å². The van der Waals surface area contributed by atoms with Gasteiger partial charge in [-0.2, -0.15) is 0 Å². The Morgan fingerprint density at radius 2 is 1.81 bits per heavy atom. The first-order valence-electron chi connectivity index (χ1n) is 5.20. The van der Waals surface area contributed by atoms with Crippen LogP contribution in [0.3, 0.4) is 0 Å². The molecule has 0 fully saturated rings. The second-order valence-corrected chi connectivity index (χ2v) is 3.61. The summed E-state index contributed by atoms with van der Waals surface area (Å²) in [6.07, 6.45) is 4.64. The topological polar surface area (TPSA) is 42.2 Å². The average molecular weight is 215 g/mol. The van der Waals surface area contributed by atoms with Gasteiger partial charge in [0.2, 0.25) is 0 Å². The zero-order valence-electron chi connectivity index (χ0n) is 8.84. The fraction of sp³-hybridized carbons (Fsp3) is 0.154. The summed E-state index contributed by atoms with van der Waals surface area (Å²) in [5, 5.41) is 8.69. The van der Waals surface area contributed by atoms with Crippen molar-refractivity contribution >= 4 is 5.97 Å². The van der Waals surface area contributed by atoms with Gasteiger partial charge in [-0.1, -0.05) is 18.2 Å². The van der Waals surface area contributed by atoms with Crippen molar-refractivity contribution in [3.8, 4) is 5.69 Å². The van der Waals surface area contributed by atoms with Crippen LogP contribution in [0.1, 0.15) is 12.0 Å². The molecule has 1 aromatic heterocycles. The first-order valence-corrected chi connectivity index (χ1v) is 5.20. The lowest BCUT2D eigenvalue weighted by molar-refractivity contribution is -0.136. The Morgan fingerprint density at radius 3 is 2.50 bits per heavy atom. The van der Waals surface area contributed by atoms with E-state index in [4.69, 9.17) is 5.11 Å². The van der Waals surface area contributed by atoms with Gasteiger partial charge in [0.15, 0.2) is 0 Å². The van der Waals surface area contributed by atoms with E-state index in [-0.39, 0.29) is 6.42 Å². The number of hydrogen-bond donors (Lipinski definition) is 1. The number of nitrogens with zero attached hydrogens (tertiary/aromatic N) is 1. The molecule has 82 valence electrons. The Morgan fingerprint density at radius 1 is 1.12 bits per heavy atom. The lowest BCUT2D eigenvalue weighted by Gasteiger charge is -2.09. The lowest BCUT2D eigenvalue weighted by Crippen LogP contribution is -2.01. The fourth-order valence-corrected chi connectivity index (χ4v) is 1.71. The Balaban J connectivity index is 2.27. The maximum absolute atomic E-state index is 10.6. The van der Waals surface area contributed by atoms with Gasteiger partial charge in [-0.15, -0.1) is 0 Å². The molecule has 0 radical (unpaired) electrons. The van der Waals surface area contributed by atoms with Gasteiger partial charge in [-0.3, -0.25) is 4.79 Å². The first kappa shape index (κ1) is 10.5. The lowest BCUT2D eigenvalue weighted by atomic mass is 10.1. The zero-order chi connectivity index (χ0) is 11.4. The van der Waals surface area contributed by atoms with Crippen molar-refractivity contribution in [3.63, 3.8) is 0 Å². The molecule has 1 heterocycles. The van der Waals surface area contributed by atoms with Gasteiger partial charge in [0.1, 0.15) is 0 Å². The molecule has 0 aliphatic rings. The molecule has 0 bridgehead atoms. The van der Waals surface area contributed by atoms with Crippen LogP contribution in [0.5, 0.6) is 0 Å². The molecule has 0 aliphatic carbocycles. The quantitative estimate of drug-likeness (QED) is 0.851. The summed E-state index contributed by atoms with van der Waals surface area (Å²) in [6.45, 7) is 0. The van der Waals surface area contributed by atoms with E-state index in [1.807, 2.05) is 53.4 Å². The van der Waals surface area contributed by atoms with Crippen molar-refractivity contribution < 1.29 is 9.90 Å². The molecule has 0 saturated carbocycles. The summed E-state index contributed by atoms with van der Waals surface area (Å²) >= 11 is 0. The molecular weight excluding hydrogens is 202 g/mol. The number of aryl methyl sites for hydroxylation is 1. The third kappa shape index (κ3) is 2.31. The predicted octanol–water partition coefficient (Wildman–Crippen LogP) is 2.49. The van der Waals surface area contributed by atoms with Crippen LogP contribution < -0.4 is 0 Å². The predicted molar refractivity (Wildman–Crippen MR) is 61.7 cm³/mol. The van der Waals surface area contributed by atoms with Crippen LogP contribution in [0.25, 0.3) is 5.69 Å². The number of hydrogen-bond acceptors (Lipinski definition) is 1. The van der Waals surface area contributed by atoms with Crippen molar-refractivity contribution in [2.75, 3.05) is 0 Å². The van der Waals surface area contributed by atoms with E-state index in [1.54, 1.807) is 0 Å². The molecule has 0 spiro atoms. The Labute approximate surface area is 94.0 Å². The molecule has 1 aromatic carbocycles. The van der Waals surface area contributed by atoms with E-state index in [2.05, 4.69) is 0 Å². The molecular formula is C13H13NO2. The van der Waals surface area contributed by atoms with Crippen LogP contribution in [0.2, 0.25) is 0 Å². The first-order chi connectivity index (χ1) is 7.77. The third-order valence-electron chi connectivity index (χ3n) is 2.48. The minimum atomic E-state index is -0.762. The van der Waals surface area contributed by atoms with Crippen LogP contribution in [0.15, 0.2) is 48.8 Å². The summed E-state index contributed by atoms with van der Waals surface area (Å²) in [5.41, 5.74) is 2.11. The van der Waals surface area contributed by atoms with E-state index in [9.17, 15) is 4.79 Å². The second-order valence-electron chi connectivity index (χ2n) is 3.61. The minimum absolute atomic E-state index is 0.165. The second kappa shape index (κ2) is 4.66. The van der Waals surface area contributed by atoms with Gasteiger partial charge >= 0.3 is 5.97 Å². The number of benzene rings is 1. The largest absolute Gasteiger partial charge is 0.481 e. The van der Waals surface area contributed by atoms with Gasteiger partial charge in [-0.25, -0.2) is 0 Å². The Bertz CT molecular complexity index is 474. The van der Waals surface area contributed by atoms with Gasteiger partial charge in [0, 0.05) is 24.5 Å². The summed E-state index contributed by atoms with van der Waals surface area (Å²) < 4.78 is 2.00. The number of rotatable bonds is 4. The fourth-order valence-electron chi connectivity index (χ4n) is 1.71. The monoisotopic (exact) mass is 215 g/mol. The van der Waals surface area contributed by atoms with Crippen molar-refractivity contribution in [2.24, 2.45) is 0 Å². The van der Waals surface area contributed by atoms with E-state index >= 15 is 0 Å². The molecule has 3 heteroatoms. The van der Waals surface area contributed by atoms with Gasteiger partial charge in [-0.05, 0) is 30.2 Å². The highest BCUT2D eigenvalue weighted by atomic mass is 16.4. The number of para-hydroxylation sites is 1. The van der Waals surface area contributed by atoms with Gasteiger partial charge in [0.05, 0.1) is 0 Å². The van der Waals surface area contributed by atoms with Crippen LogP contribution in [0, 0.1) is 0 Å². The minimum Gasteiger partial charge on any atom is -0.481 e. The molecule has 16 heavy (non-hydrogen) atoms. The van der Waals surface area contributed by atoms with E-state index < -0.39 is 5.97 Å². The van der Waals surface area contributed by atoms with Crippen molar-refractivity contribution in [3.05, 3.63) is 54.4 Å². The number of carbonyl (C=O) groups is 1. The Hall–Kier alpha value is -2.03. The number of carboxylic acids is 1. The van der Waals surface area contributed by atoms with Crippen molar-refractivity contribution in [1.82, 2.24) is 4.57 Å². The van der Waals surface area contributed by atoms with Crippen LogP contribution in [-0.4, -0.2) is 15.6 Å². The van der Waals surface area contributed by atoms with Crippen molar-refractivity contribution in [1.29, 1.82) is 0 Å². The number of carboxylic acid groups (broad SMARTS) is 1. The van der Waals surface area contributed by atoms with Crippen LogP contribution >= 0.6 is 0 Å². The van der Waals surface area contributed by atoms with Crippen molar-refractivity contribution in [2.45, 2.75) is 12.8 Å². The maximum atomic E-state index is 10.6. The highest BCUT2D eigenvalue weighted by Gasteiger charge is 2.05. The molecule has 0 saturated heterocycles. The maximum Gasteiger partial charge on any atom is 0.303 e. The highest BCUT2D eigenvalue weighted by Crippen LogP contribution is 2.16. The molecule has 0 amide bonds. The van der Waals surface area contributed by atoms with E-state index in [1.165, 1.54) is 0 Å². The smallest absolute Gasteiger partial charge is 0.303 e. The molecule has 0 aliphatic heterocycles. The summed E-state index contributed by atoms with van der Waals surface area (Å²) in [5.74, 6) is -0.762. The standard InChI is InChI=1S/C13H13NO2/c15-13(16)8-7-11-5-1-2-6-12(11)14-9-3-4-10-14/h1-6,9-10H,7-8H2,(H,15,16). The number of aliphatic carboxylic acids is 1. The SMILES string of the molecule is O=C(O)CCc1ccccc1-n1cccc1. The van der Waals surface area contributed by atoms with E-state index in [0.29, 0.717) is 6.42 Å². The highest BCUT2D eigenvalue weighted by molar-refractivity contribution is 5.67. The molecule has 2 rings (SSSR count). The summed E-state index contributed by atoms with van der Waals surface area (Å²) in [7, 11) is 0. The summed E-state index contributed by atoms with van der Waals surface area (Å²) in [4.78, 5) is 10.6. The Kier molecular flexibility index (Phi) is 3.05. The van der Waals surface area contributed by atoms with Crippen LogP contribution in [0.4, 0.5) is 0 Å².